The fourth-order valence-electron chi connectivity index (χ4n) is 4.71. The molecule has 0 bridgehead atoms. The van der Waals surface area contributed by atoms with Gasteiger partial charge in [0.05, 0.1) is 6.42 Å². The van der Waals surface area contributed by atoms with Crippen LogP contribution in [0, 0.1) is 12.7 Å². The molecule has 0 saturated heterocycles. The van der Waals surface area contributed by atoms with E-state index in [-0.39, 0.29) is 36.6 Å². The Kier molecular flexibility index (Phi) is 8.30. The molecule has 182 valence electrons. The maximum Gasteiger partial charge on any atom is 0.243 e. The van der Waals surface area contributed by atoms with Gasteiger partial charge in [-0.1, -0.05) is 91.2 Å². The van der Waals surface area contributed by atoms with Crippen LogP contribution in [0.3, 0.4) is 0 Å². The van der Waals surface area contributed by atoms with E-state index in [1.807, 2.05) is 61.5 Å². The molecule has 4 rings (SSSR count). The van der Waals surface area contributed by atoms with Gasteiger partial charge in [0.1, 0.15) is 11.9 Å². The smallest absolute Gasteiger partial charge is 0.243 e. The number of carbonyl (C=O) groups is 2. The minimum absolute atomic E-state index is 0.0347. The molecule has 4 nitrogen and oxygen atoms in total. The van der Waals surface area contributed by atoms with E-state index in [9.17, 15) is 14.0 Å². The predicted molar refractivity (Wildman–Crippen MR) is 136 cm³/mol. The highest BCUT2D eigenvalue weighted by Crippen LogP contribution is 2.21. The summed E-state index contributed by atoms with van der Waals surface area (Å²) in [5.74, 6) is -0.746. The molecule has 3 aromatic carbocycles. The van der Waals surface area contributed by atoms with Crippen LogP contribution in [0.1, 0.15) is 47.9 Å². The Bertz CT molecular complexity index is 1120. The summed E-state index contributed by atoms with van der Waals surface area (Å²) in [5, 5.41) is 3.18. The molecule has 1 aliphatic carbocycles. The number of hydrogen-bond acceptors (Lipinski definition) is 2. The molecule has 0 radical (unpaired) electrons. The van der Waals surface area contributed by atoms with E-state index in [1.54, 1.807) is 23.1 Å². The zero-order valence-corrected chi connectivity index (χ0v) is 20.3. The van der Waals surface area contributed by atoms with Gasteiger partial charge in [-0.25, -0.2) is 4.39 Å². The number of carbonyl (C=O) groups excluding carboxylic acids is 2. The minimum atomic E-state index is -0.740. The molecule has 3 aromatic rings. The summed E-state index contributed by atoms with van der Waals surface area (Å²) < 4.78 is 14.7. The molecule has 1 saturated carbocycles. The van der Waals surface area contributed by atoms with Crippen LogP contribution in [0.4, 0.5) is 4.39 Å². The molecule has 2 amide bonds. The monoisotopic (exact) mass is 472 g/mol. The Balaban J connectivity index is 1.66. The summed E-state index contributed by atoms with van der Waals surface area (Å²) in [6, 6.07) is 23.3. The molecule has 1 fully saturated rings. The number of nitrogens with zero attached hydrogens (tertiary/aromatic N) is 1. The molecule has 5 heteroatoms. The maximum atomic E-state index is 14.7. The number of hydrogen-bond donors (Lipinski definition) is 1. The summed E-state index contributed by atoms with van der Waals surface area (Å²) in [4.78, 5) is 28.9. The van der Waals surface area contributed by atoms with E-state index in [1.165, 1.54) is 6.07 Å². The third kappa shape index (κ3) is 6.78. The largest absolute Gasteiger partial charge is 0.352 e. The number of benzene rings is 3. The Hall–Kier alpha value is -3.47. The second-order valence-corrected chi connectivity index (χ2v) is 9.47. The van der Waals surface area contributed by atoms with E-state index in [0.717, 1.165) is 42.4 Å². The first-order chi connectivity index (χ1) is 17.0. The highest BCUT2D eigenvalue weighted by atomic mass is 19.1. The van der Waals surface area contributed by atoms with Crippen LogP contribution in [-0.4, -0.2) is 28.8 Å². The molecule has 35 heavy (non-hydrogen) atoms. The van der Waals surface area contributed by atoms with E-state index < -0.39 is 6.04 Å². The second-order valence-electron chi connectivity index (χ2n) is 9.47. The van der Waals surface area contributed by atoms with E-state index in [4.69, 9.17) is 0 Å². The number of rotatable bonds is 9. The summed E-state index contributed by atoms with van der Waals surface area (Å²) in [6.45, 7) is 2.03. The topological polar surface area (TPSA) is 49.4 Å². The SMILES string of the molecule is Cc1ccc(CC(=O)N(Cc2ccccc2F)[C@H](Cc2ccccc2)C(=O)NC2CCCC2)cc1. The van der Waals surface area contributed by atoms with Gasteiger partial charge in [0, 0.05) is 24.6 Å². The minimum Gasteiger partial charge on any atom is -0.352 e. The van der Waals surface area contributed by atoms with Gasteiger partial charge >= 0.3 is 0 Å². The fraction of sp³-hybridized carbons (Fsp3) is 0.333. The van der Waals surface area contributed by atoms with Crippen LogP contribution in [0.25, 0.3) is 0 Å². The molecular weight excluding hydrogens is 439 g/mol. The highest BCUT2D eigenvalue weighted by Gasteiger charge is 2.32. The van der Waals surface area contributed by atoms with Gasteiger partial charge in [0.25, 0.3) is 0 Å². The lowest BCUT2D eigenvalue weighted by Crippen LogP contribution is -2.52. The normalized spacial score (nSPS) is 14.5. The Morgan fingerprint density at radius 1 is 0.914 bits per heavy atom. The van der Waals surface area contributed by atoms with Crippen molar-refractivity contribution in [3.05, 3.63) is 107 Å². The van der Waals surface area contributed by atoms with Gasteiger partial charge in [0.2, 0.25) is 11.8 Å². The summed E-state index contributed by atoms with van der Waals surface area (Å²) in [7, 11) is 0. The van der Waals surface area contributed by atoms with Gasteiger partial charge in [-0.3, -0.25) is 9.59 Å². The average Bonchev–Trinajstić information content (AvgIpc) is 3.37. The standard InChI is InChI=1S/C30H33FN2O2/c1-22-15-17-24(18-16-22)20-29(34)33(21-25-11-5-8-14-27(25)31)28(19-23-9-3-2-4-10-23)30(35)32-26-12-6-7-13-26/h2-5,8-11,14-18,26,28H,6-7,12-13,19-21H2,1H3,(H,32,35)/t28-/m1/s1. The first-order valence-corrected chi connectivity index (χ1v) is 12.4. The van der Waals surface area contributed by atoms with E-state index in [0.29, 0.717) is 12.0 Å². The molecule has 0 spiro atoms. The van der Waals surface area contributed by atoms with E-state index >= 15 is 0 Å². The maximum absolute atomic E-state index is 14.7. The van der Waals surface area contributed by atoms with Gasteiger partial charge in [0.15, 0.2) is 0 Å². The number of amides is 2. The fourth-order valence-corrected chi connectivity index (χ4v) is 4.71. The van der Waals surface area contributed by atoms with Crippen LogP contribution in [0.5, 0.6) is 0 Å². The van der Waals surface area contributed by atoms with Crippen molar-refractivity contribution in [3.63, 3.8) is 0 Å². The third-order valence-electron chi connectivity index (χ3n) is 6.75. The van der Waals surface area contributed by atoms with Crippen molar-refractivity contribution in [2.45, 2.75) is 64.1 Å². The van der Waals surface area contributed by atoms with Gasteiger partial charge in [-0.15, -0.1) is 0 Å². The van der Waals surface area contributed by atoms with Crippen LogP contribution in [0.2, 0.25) is 0 Å². The zero-order chi connectivity index (χ0) is 24.6. The van der Waals surface area contributed by atoms with Crippen molar-refractivity contribution in [2.24, 2.45) is 0 Å². The van der Waals surface area contributed by atoms with Crippen molar-refractivity contribution < 1.29 is 14.0 Å². The Morgan fingerprint density at radius 2 is 1.57 bits per heavy atom. The Labute approximate surface area is 207 Å². The van der Waals surface area contributed by atoms with Crippen molar-refractivity contribution in [1.29, 1.82) is 0 Å². The van der Waals surface area contributed by atoms with Crippen LogP contribution < -0.4 is 5.32 Å². The molecule has 0 heterocycles. The lowest BCUT2D eigenvalue weighted by atomic mass is 10.0. The third-order valence-corrected chi connectivity index (χ3v) is 6.75. The van der Waals surface area contributed by atoms with Gasteiger partial charge in [-0.2, -0.15) is 0 Å². The first-order valence-electron chi connectivity index (χ1n) is 12.4. The van der Waals surface area contributed by atoms with Gasteiger partial charge in [-0.05, 0) is 37.0 Å². The van der Waals surface area contributed by atoms with Crippen LogP contribution in [-0.2, 0) is 29.0 Å². The molecule has 0 aromatic heterocycles. The summed E-state index contributed by atoms with van der Waals surface area (Å²) in [5.41, 5.74) is 3.34. The van der Waals surface area contributed by atoms with E-state index in [2.05, 4.69) is 5.32 Å². The van der Waals surface area contributed by atoms with Crippen molar-refractivity contribution >= 4 is 11.8 Å². The summed E-state index contributed by atoms with van der Waals surface area (Å²) >= 11 is 0. The van der Waals surface area contributed by atoms with Gasteiger partial charge < -0.3 is 10.2 Å². The molecular formula is C30H33FN2O2. The first kappa shape index (κ1) is 24.6. The molecule has 1 N–H and O–H groups in total. The molecule has 0 aliphatic heterocycles. The number of aryl methyl sites for hydroxylation is 1. The second kappa shape index (κ2) is 11.8. The number of nitrogens with one attached hydrogen (secondary N) is 1. The van der Waals surface area contributed by atoms with Crippen molar-refractivity contribution in [3.8, 4) is 0 Å². The molecule has 0 unspecified atom stereocenters. The quantitative estimate of drug-likeness (QED) is 0.455. The Morgan fingerprint density at radius 3 is 2.26 bits per heavy atom. The van der Waals surface area contributed by atoms with Crippen molar-refractivity contribution in [1.82, 2.24) is 10.2 Å². The lowest BCUT2D eigenvalue weighted by Gasteiger charge is -2.32. The zero-order valence-electron chi connectivity index (χ0n) is 20.3. The predicted octanol–water partition coefficient (Wildman–Crippen LogP) is 5.38. The highest BCUT2D eigenvalue weighted by molar-refractivity contribution is 5.89. The number of halogens is 1. The lowest BCUT2D eigenvalue weighted by molar-refractivity contribution is -0.141. The summed E-state index contributed by atoms with van der Waals surface area (Å²) in [6.07, 6.45) is 4.62. The molecule has 1 atom stereocenters. The van der Waals surface area contributed by atoms with Crippen LogP contribution in [0.15, 0.2) is 78.9 Å². The molecule has 1 aliphatic rings. The van der Waals surface area contributed by atoms with Crippen molar-refractivity contribution in [2.75, 3.05) is 0 Å². The average molecular weight is 473 g/mol. The van der Waals surface area contributed by atoms with Crippen LogP contribution >= 0.6 is 0 Å².